The van der Waals surface area contributed by atoms with E-state index in [2.05, 4.69) is 15.5 Å². The molecule has 3 aromatic carbocycles. The molecular formula is C26H22N6O5S. The molecule has 0 fully saturated rings. The number of thioether (sulfide) groups is 1. The first kappa shape index (κ1) is 26.2. The summed E-state index contributed by atoms with van der Waals surface area (Å²) >= 11 is 1.47. The molecule has 192 valence electrons. The number of non-ortho nitro benzene ring substituents is 2. The largest absolute Gasteiger partial charge is 0.345 e. The molecule has 12 heteroatoms. The fraction of sp³-hybridized carbons (Fsp3) is 0.115. The minimum atomic E-state index is -0.491. The number of carbonyl (C=O) groups is 1. The minimum Gasteiger partial charge on any atom is -0.345 e. The van der Waals surface area contributed by atoms with E-state index in [9.17, 15) is 25.0 Å². The summed E-state index contributed by atoms with van der Waals surface area (Å²) in [6.07, 6.45) is 2.87. The molecule has 1 aromatic heterocycles. The van der Waals surface area contributed by atoms with Crippen molar-refractivity contribution in [1.82, 2.24) is 20.1 Å². The van der Waals surface area contributed by atoms with Gasteiger partial charge in [0.2, 0.25) is 5.91 Å². The molecule has 0 aliphatic carbocycles. The van der Waals surface area contributed by atoms with Crippen LogP contribution in [0.4, 0.5) is 11.4 Å². The average Bonchev–Trinajstić information content (AvgIpc) is 3.33. The van der Waals surface area contributed by atoms with Gasteiger partial charge in [0.25, 0.3) is 11.4 Å². The molecule has 0 saturated carbocycles. The highest BCUT2D eigenvalue weighted by Crippen LogP contribution is 2.27. The molecule has 1 amide bonds. The molecule has 0 saturated heterocycles. The summed E-state index contributed by atoms with van der Waals surface area (Å²) in [4.78, 5) is 33.4. The van der Waals surface area contributed by atoms with Gasteiger partial charge in [0.1, 0.15) is 0 Å². The number of nitrogens with zero attached hydrogens (tertiary/aromatic N) is 5. The number of nitrogens with one attached hydrogen (secondary N) is 1. The highest BCUT2D eigenvalue weighted by Gasteiger charge is 2.17. The normalized spacial score (nSPS) is 11.0. The van der Waals surface area contributed by atoms with E-state index in [1.807, 2.05) is 31.2 Å². The van der Waals surface area contributed by atoms with Gasteiger partial charge >= 0.3 is 0 Å². The maximum absolute atomic E-state index is 12.4. The second-order valence-electron chi connectivity index (χ2n) is 8.12. The monoisotopic (exact) mass is 530 g/mol. The minimum absolute atomic E-state index is 0.0340. The van der Waals surface area contributed by atoms with Gasteiger partial charge in [-0.25, -0.2) is 0 Å². The van der Waals surface area contributed by atoms with Gasteiger partial charge in [0, 0.05) is 41.8 Å². The van der Waals surface area contributed by atoms with Crippen LogP contribution in [0.5, 0.6) is 0 Å². The topological polar surface area (TPSA) is 146 Å². The molecule has 0 aliphatic heterocycles. The van der Waals surface area contributed by atoms with Crippen molar-refractivity contribution < 1.29 is 14.6 Å². The van der Waals surface area contributed by atoms with Crippen molar-refractivity contribution in [3.8, 4) is 5.69 Å². The van der Waals surface area contributed by atoms with Crippen LogP contribution in [0.25, 0.3) is 11.8 Å². The summed E-state index contributed by atoms with van der Waals surface area (Å²) in [5, 5.41) is 33.8. The first-order valence-corrected chi connectivity index (χ1v) is 12.4. The lowest BCUT2D eigenvalue weighted by atomic mass is 10.1. The third-order valence-electron chi connectivity index (χ3n) is 5.59. The molecule has 0 aliphatic rings. The molecule has 1 N–H and O–H groups in total. The van der Waals surface area contributed by atoms with Crippen molar-refractivity contribution in [2.24, 2.45) is 0 Å². The van der Waals surface area contributed by atoms with E-state index in [1.54, 1.807) is 34.9 Å². The lowest BCUT2D eigenvalue weighted by Gasteiger charge is -2.11. The molecule has 4 rings (SSSR count). The Morgan fingerprint density at radius 1 is 0.947 bits per heavy atom. The molecule has 0 bridgehead atoms. The van der Waals surface area contributed by atoms with Crippen LogP contribution >= 0.6 is 11.8 Å². The zero-order valence-corrected chi connectivity index (χ0v) is 21.0. The number of carbonyl (C=O) groups excluding carboxylic acids is 1. The van der Waals surface area contributed by atoms with Gasteiger partial charge in [-0.15, -0.1) is 10.2 Å². The van der Waals surface area contributed by atoms with E-state index in [4.69, 9.17) is 0 Å². The fourth-order valence-corrected chi connectivity index (χ4v) is 4.56. The summed E-state index contributed by atoms with van der Waals surface area (Å²) in [5.41, 5.74) is 3.47. The zero-order chi connectivity index (χ0) is 27.1. The quantitative estimate of drug-likeness (QED) is 0.130. The fourth-order valence-electron chi connectivity index (χ4n) is 3.51. The molecule has 38 heavy (non-hydrogen) atoms. The van der Waals surface area contributed by atoms with Crippen LogP contribution in [0.15, 0.2) is 84.0 Å². The van der Waals surface area contributed by atoms with Gasteiger partial charge in [-0.05, 0) is 54.0 Å². The Balaban J connectivity index is 1.51. The predicted molar refractivity (Wildman–Crippen MR) is 143 cm³/mol. The van der Waals surface area contributed by atoms with E-state index >= 15 is 0 Å². The van der Waals surface area contributed by atoms with Gasteiger partial charge in [-0.1, -0.05) is 36.0 Å². The van der Waals surface area contributed by atoms with Crippen molar-refractivity contribution in [1.29, 1.82) is 0 Å². The van der Waals surface area contributed by atoms with Gasteiger partial charge in [-0.3, -0.25) is 29.6 Å². The number of rotatable bonds is 10. The van der Waals surface area contributed by atoms with Crippen LogP contribution in [0.3, 0.4) is 0 Å². The van der Waals surface area contributed by atoms with Crippen molar-refractivity contribution >= 4 is 35.1 Å². The molecule has 0 spiro atoms. The maximum atomic E-state index is 12.4. The van der Waals surface area contributed by atoms with Gasteiger partial charge in [0.15, 0.2) is 11.0 Å². The molecule has 11 nitrogen and oxygen atoms in total. The second-order valence-corrected chi connectivity index (χ2v) is 9.07. The highest BCUT2D eigenvalue weighted by atomic mass is 32.2. The Morgan fingerprint density at radius 2 is 1.58 bits per heavy atom. The number of nitro benzene ring substituents is 2. The second kappa shape index (κ2) is 11.9. The average molecular weight is 531 g/mol. The van der Waals surface area contributed by atoms with Gasteiger partial charge in [0.05, 0.1) is 16.4 Å². The third kappa shape index (κ3) is 6.48. The number of aryl methyl sites for hydroxylation is 1. The summed E-state index contributed by atoms with van der Waals surface area (Å²) in [7, 11) is 0. The first-order chi connectivity index (χ1) is 18.3. The molecular weight excluding hydrogens is 508 g/mol. The van der Waals surface area contributed by atoms with E-state index in [0.29, 0.717) is 28.0 Å². The SMILES string of the molecule is Cc1ccccc1CSc1nnc(CNC(=O)/C=C/c2ccc([N+](=O)[O-])cc2)n1-c1ccc([N+](=O)[O-])cc1. The highest BCUT2D eigenvalue weighted by molar-refractivity contribution is 7.98. The maximum Gasteiger partial charge on any atom is 0.269 e. The first-order valence-electron chi connectivity index (χ1n) is 11.4. The van der Waals surface area contributed by atoms with E-state index in [1.165, 1.54) is 42.1 Å². The third-order valence-corrected chi connectivity index (χ3v) is 6.57. The van der Waals surface area contributed by atoms with Crippen molar-refractivity contribution in [3.05, 3.63) is 122 Å². The molecule has 0 atom stereocenters. The van der Waals surface area contributed by atoms with Crippen molar-refractivity contribution in [3.63, 3.8) is 0 Å². The molecule has 4 aromatic rings. The van der Waals surface area contributed by atoms with E-state index < -0.39 is 15.8 Å². The van der Waals surface area contributed by atoms with Crippen LogP contribution in [0.2, 0.25) is 0 Å². The van der Waals surface area contributed by atoms with Crippen LogP contribution in [-0.4, -0.2) is 30.5 Å². The van der Waals surface area contributed by atoms with Gasteiger partial charge < -0.3 is 5.32 Å². The Bertz CT molecular complexity index is 1500. The smallest absolute Gasteiger partial charge is 0.269 e. The number of benzene rings is 3. The van der Waals surface area contributed by atoms with E-state index in [0.717, 1.165) is 11.1 Å². The zero-order valence-electron chi connectivity index (χ0n) is 20.2. The Hall–Kier alpha value is -4.84. The Morgan fingerprint density at radius 3 is 2.21 bits per heavy atom. The standard InChI is InChI=1S/C26H22N6O5S/c1-18-4-2-3-5-20(18)17-38-26-29-28-24(30(26)21-11-13-23(14-12-21)32(36)37)16-27-25(33)15-8-19-6-9-22(10-7-19)31(34)35/h2-15H,16-17H2,1H3,(H,27,33)/b15-8+. The van der Waals surface area contributed by atoms with Crippen LogP contribution in [0.1, 0.15) is 22.5 Å². The number of aromatic nitrogens is 3. The Kier molecular flexibility index (Phi) is 8.23. The number of nitro groups is 2. The number of hydrogen-bond acceptors (Lipinski definition) is 8. The lowest BCUT2D eigenvalue weighted by Crippen LogP contribution is -2.22. The number of hydrogen-bond donors (Lipinski definition) is 1. The predicted octanol–water partition coefficient (Wildman–Crippen LogP) is 5.01. The summed E-state index contributed by atoms with van der Waals surface area (Å²) < 4.78 is 1.76. The van der Waals surface area contributed by atoms with Crippen LogP contribution in [0, 0.1) is 27.2 Å². The summed E-state index contributed by atoms with van der Waals surface area (Å²) in [6.45, 7) is 2.08. The lowest BCUT2D eigenvalue weighted by molar-refractivity contribution is -0.385. The molecule has 0 unspecified atom stereocenters. The van der Waals surface area contributed by atoms with Crippen molar-refractivity contribution in [2.45, 2.75) is 24.4 Å². The van der Waals surface area contributed by atoms with Crippen molar-refractivity contribution in [2.75, 3.05) is 0 Å². The van der Waals surface area contributed by atoms with Crippen LogP contribution in [-0.2, 0) is 17.1 Å². The van der Waals surface area contributed by atoms with Crippen LogP contribution < -0.4 is 5.32 Å². The van der Waals surface area contributed by atoms with E-state index in [-0.39, 0.29) is 17.9 Å². The molecule has 1 heterocycles. The number of amides is 1. The Labute approximate surface area is 221 Å². The van der Waals surface area contributed by atoms with Gasteiger partial charge in [-0.2, -0.15) is 0 Å². The summed E-state index contributed by atoms with van der Waals surface area (Å²) in [5.74, 6) is 0.696. The summed E-state index contributed by atoms with van der Waals surface area (Å²) in [6, 6.07) is 19.8. The molecule has 0 radical (unpaired) electrons.